The summed E-state index contributed by atoms with van der Waals surface area (Å²) in [6.45, 7) is 3.01. The van der Waals surface area contributed by atoms with Crippen molar-refractivity contribution in [2.45, 2.75) is 44.8 Å². The molecular weight excluding hydrogens is 374 g/mol. The fourth-order valence-corrected chi connectivity index (χ4v) is 3.89. The molecule has 0 bridgehead atoms. The van der Waals surface area contributed by atoms with Crippen molar-refractivity contribution in [1.82, 2.24) is 15.5 Å². The van der Waals surface area contributed by atoms with Crippen LogP contribution >= 0.6 is 0 Å². The Hall–Kier alpha value is -2.61. The highest BCUT2D eigenvalue weighted by atomic mass is 16.5. The lowest BCUT2D eigenvalue weighted by molar-refractivity contribution is -0.141. The van der Waals surface area contributed by atoms with Crippen LogP contribution in [0.5, 0.6) is 5.75 Å². The monoisotopic (exact) mass is 403 g/mol. The Labute approximate surface area is 170 Å². The van der Waals surface area contributed by atoms with Crippen molar-refractivity contribution in [3.05, 3.63) is 29.8 Å². The van der Waals surface area contributed by atoms with E-state index in [0.717, 1.165) is 12.0 Å². The van der Waals surface area contributed by atoms with Gasteiger partial charge in [0.25, 0.3) is 5.91 Å². The molecule has 1 aromatic carbocycles. The minimum Gasteiger partial charge on any atom is -0.484 e. The fourth-order valence-electron chi connectivity index (χ4n) is 3.89. The van der Waals surface area contributed by atoms with Crippen LogP contribution in [0.15, 0.2) is 24.3 Å². The molecule has 1 saturated carbocycles. The van der Waals surface area contributed by atoms with Crippen LogP contribution in [0.4, 0.5) is 0 Å². The first-order valence-electron chi connectivity index (χ1n) is 10.1. The average molecular weight is 403 g/mol. The van der Waals surface area contributed by atoms with Crippen LogP contribution in [0.2, 0.25) is 0 Å². The highest BCUT2D eigenvalue weighted by Gasteiger charge is 2.36. The molecule has 0 radical (unpaired) electrons. The van der Waals surface area contributed by atoms with Crippen LogP contribution in [0.3, 0.4) is 0 Å². The molecule has 8 heteroatoms. The number of nitrogens with one attached hydrogen (secondary N) is 2. The number of rotatable bonds is 5. The Morgan fingerprint density at radius 3 is 2.93 bits per heavy atom. The van der Waals surface area contributed by atoms with Gasteiger partial charge in [0, 0.05) is 19.0 Å². The molecule has 0 spiro atoms. The van der Waals surface area contributed by atoms with E-state index < -0.39 is 12.1 Å². The summed E-state index contributed by atoms with van der Waals surface area (Å²) >= 11 is 0. The van der Waals surface area contributed by atoms with Crippen molar-refractivity contribution in [3.63, 3.8) is 0 Å². The van der Waals surface area contributed by atoms with E-state index in [1.54, 1.807) is 11.0 Å². The van der Waals surface area contributed by atoms with Gasteiger partial charge in [0.05, 0.1) is 18.7 Å². The number of carbonyl (C=O) groups is 3. The molecule has 1 heterocycles. The van der Waals surface area contributed by atoms with E-state index in [-0.39, 0.29) is 43.2 Å². The second kappa shape index (κ2) is 9.73. The molecule has 2 fully saturated rings. The van der Waals surface area contributed by atoms with Gasteiger partial charge in [-0.15, -0.1) is 0 Å². The van der Waals surface area contributed by atoms with E-state index >= 15 is 0 Å². The number of carbonyl (C=O) groups excluding carboxylic acids is 3. The first-order valence-corrected chi connectivity index (χ1v) is 10.1. The van der Waals surface area contributed by atoms with Crippen molar-refractivity contribution in [2.75, 3.05) is 26.2 Å². The predicted molar refractivity (Wildman–Crippen MR) is 106 cm³/mol. The summed E-state index contributed by atoms with van der Waals surface area (Å²) < 4.78 is 5.49. The molecular formula is C21H29N3O5. The van der Waals surface area contributed by atoms with Gasteiger partial charge in [0.2, 0.25) is 11.8 Å². The number of aliphatic hydroxyl groups is 1. The maximum atomic E-state index is 12.7. The maximum absolute atomic E-state index is 12.7. The van der Waals surface area contributed by atoms with E-state index in [1.807, 2.05) is 25.1 Å². The van der Waals surface area contributed by atoms with Crippen LogP contribution < -0.4 is 15.4 Å². The number of hydrogen-bond acceptors (Lipinski definition) is 5. The highest BCUT2D eigenvalue weighted by molar-refractivity contribution is 5.86. The standard InChI is InChI=1S/C21H29N3O5/c1-14-4-2-5-16(10-14)29-13-20(27)23-17-7-6-15(11-18(17)25)21(28)24-9-3-8-22-19(26)12-24/h2,4-5,10,15,17-18,25H,3,6-9,11-13H2,1H3,(H,22,26)(H,23,27)/t15-,17-,18-/m0/s1. The van der Waals surface area contributed by atoms with E-state index in [2.05, 4.69) is 10.6 Å². The summed E-state index contributed by atoms with van der Waals surface area (Å²) in [5.74, 6) is -0.242. The number of ether oxygens (including phenoxy) is 1. The zero-order chi connectivity index (χ0) is 20.8. The summed E-state index contributed by atoms with van der Waals surface area (Å²) in [7, 11) is 0. The van der Waals surface area contributed by atoms with Gasteiger partial charge >= 0.3 is 0 Å². The van der Waals surface area contributed by atoms with E-state index in [1.165, 1.54) is 0 Å². The number of nitrogens with zero attached hydrogens (tertiary/aromatic N) is 1. The second-order valence-corrected chi connectivity index (χ2v) is 7.82. The summed E-state index contributed by atoms with van der Waals surface area (Å²) in [5, 5.41) is 16.0. The zero-order valence-electron chi connectivity index (χ0n) is 16.7. The Morgan fingerprint density at radius 1 is 1.34 bits per heavy atom. The smallest absolute Gasteiger partial charge is 0.258 e. The van der Waals surface area contributed by atoms with E-state index in [9.17, 15) is 19.5 Å². The van der Waals surface area contributed by atoms with Gasteiger partial charge in [-0.1, -0.05) is 12.1 Å². The summed E-state index contributed by atoms with van der Waals surface area (Å²) in [6.07, 6.45) is 1.28. The number of amides is 3. The molecule has 2 aliphatic rings. The number of aliphatic hydroxyl groups excluding tert-OH is 1. The van der Waals surface area contributed by atoms with E-state index in [0.29, 0.717) is 31.7 Å². The first kappa shape index (κ1) is 21.1. The lowest BCUT2D eigenvalue weighted by Crippen LogP contribution is -2.51. The molecule has 158 valence electrons. The molecule has 1 aromatic rings. The second-order valence-electron chi connectivity index (χ2n) is 7.82. The maximum Gasteiger partial charge on any atom is 0.258 e. The van der Waals surface area contributed by atoms with Gasteiger partial charge < -0.3 is 25.4 Å². The van der Waals surface area contributed by atoms with Crippen LogP contribution in [0, 0.1) is 12.8 Å². The molecule has 29 heavy (non-hydrogen) atoms. The normalized spacial score (nSPS) is 25.0. The Kier molecular flexibility index (Phi) is 7.09. The molecule has 8 nitrogen and oxygen atoms in total. The topological polar surface area (TPSA) is 108 Å². The SMILES string of the molecule is Cc1cccc(OCC(=O)N[C@H]2CC[C@H](C(=O)N3CCCNC(=O)C3)C[C@@H]2O)c1. The van der Waals surface area contributed by atoms with Crippen LogP contribution in [-0.4, -0.2) is 66.1 Å². The van der Waals surface area contributed by atoms with Gasteiger partial charge in [0.1, 0.15) is 5.75 Å². The fraction of sp³-hybridized carbons (Fsp3) is 0.571. The zero-order valence-corrected chi connectivity index (χ0v) is 16.7. The molecule has 0 aromatic heterocycles. The molecule has 1 aliphatic heterocycles. The molecule has 3 N–H and O–H groups in total. The lowest BCUT2D eigenvalue weighted by Gasteiger charge is -2.35. The molecule has 1 saturated heterocycles. The van der Waals surface area contributed by atoms with Crippen molar-refractivity contribution in [1.29, 1.82) is 0 Å². The summed E-state index contributed by atoms with van der Waals surface area (Å²) in [4.78, 5) is 38.2. The molecule has 1 aliphatic carbocycles. The predicted octanol–water partition coefficient (Wildman–Crippen LogP) is 0.368. The minimum atomic E-state index is -0.804. The van der Waals surface area contributed by atoms with Gasteiger partial charge in [0.15, 0.2) is 6.61 Å². The van der Waals surface area contributed by atoms with Crippen molar-refractivity contribution in [2.24, 2.45) is 5.92 Å². The highest BCUT2D eigenvalue weighted by Crippen LogP contribution is 2.27. The Balaban J connectivity index is 1.46. The van der Waals surface area contributed by atoms with Gasteiger partial charge in [-0.3, -0.25) is 14.4 Å². The Bertz CT molecular complexity index is 754. The number of benzene rings is 1. The van der Waals surface area contributed by atoms with Gasteiger partial charge in [-0.2, -0.15) is 0 Å². The Morgan fingerprint density at radius 2 is 2.17 bits per heavy atom. The largest absolute Gasteiger partial charge is 0.484 e. The van der Waals surface area contributed by atoms with Crippen LogP contribution in [-0.2, 0) is 14.4 Å². The third-order valence-electron chi connectivity index (χ3n) is 5.44. The molecule has 3 rings (SSSR count). The van der Waals surface area contributed by atoms with Crippen LogP contribution in [0.25, 0.3) is 0 Å². The summed E-state index contributed by atoms with van der Waals surface area (Å²) in [6, 6.07) is 7.04. The van der Waals surface area contributed by atoms with Crippen molar-refractivity contribution >= 4 is 17.7 Å². The van der Waals surface area contributed by atoms with Gasteiger partial charge in [-0.25, -0.2) is 0 Å². The first-order chi connectivity index (χ1) is 13.9. The van der Waals surface area contributed by atoms with E-state index in [4.69, 9.17) is 4.74 Å². The molecule has 0 unspecified atom stereocenters. The number of hydrogen-bond donors (Lipinski definition) is 3. The third-order valence-corrected chi connectivity index (χ3v) is 5.44. The molecule has 3 amide bonds. The average Bonchev–Trinajstić information content (AvgIpc) is 2.92. The van der Waals surface area contributed by atoms with Crippen LogP contribution in [0.1, 0.15) is 31.2 Å². The minimum absolute atomic E-state index is 0.0713. The number of aryl methyl sites for hydroxylation is 1. The lowest BCUT2D eigenvalue weighted by atomic mass is 9.83. The third kappa shape index (κ3) is 5.93. The summed E-state index contributed by atoms with van der Waals surface area (Å²) in [5.41, 5.74) is 1.04. The van der Waals surface area contributed by atoms with Crippen molar-refractivity contribution < 1.29 is 24.2 Å². The van der Waals surface area contributed by atoms with Gasteiger partial charge in [-0.05, 0) is 50.3 Å². The quantitative estimate of drug-likeness (QED) is 0.658. The molecule has 3 atom stereocenters. The van der Waals surface area contributed by atoms with Crippen molar-refractivity contribution in [3.8, 4) is 5.75 Å².